The van der Waals surface area contributed by atoms with Crippen LogP contribution in [-0.4, -0.2) is 40.9 Å². The fraction of sp³-hybridized carbons (Fsp3) is 0.259. The summed E-state index contributed by atoms with van der Waals surface area (Å²) in [5, 5.41) is 18.4. The van der Waals surface area contributed by atoms with Gasteiger partial charge in [-0.05, 0) is 41.7 Å². The average molecular weight is 463 g/mol. The number of nitrogens with one attached hydrogen (secondary N) is 1. The lowest BCUT2D eigenvalue weighted by Gasteiger charge is -2.35. The van der Waals surface area contributed by atoms with Crippen molar-refractivity contribution in [1.82, 2.24) is 5.32 Å². The van der Waals surface area contributed by atoms with Crippen LogP contribution < -0.4 is 11.1 Å². The van der Waals surface area contributed by atoms with Gasteiger partial charge in [0, 0.05) is 24.2 Å². The molecule has 178 valence electrons. The van der Waals surface area contributed by atoms with Crippen LogP contribution >= 0.6 is 0 Å². The van der Waals surface area contributed by atoms with Crippen LogP contribution in [0.2, 0.25) is 0 Å². The molecule has 0 radical (unpaired) electrons. The van der Waals surface area contributed by atoms with Gasteiger partial charge in [0.25, 0.3) is 0 Å². The highest BCUT2D eigenvalue weighted by molar-refractivity contribution is 6.27. The zero-order valence-electron chi connectivity index (χ0n) is 18.8. The molecule has 0 aromatic heterocycles. The number of carboxylic acid groups (broad SMARTS) is 2. The smallest absolute Gasteiger partial charge is 0.414 e. The fourth-order valence-electron chi connectivity index (χ4n) is 4.04. The summed E-state index contributed by atoms with van der Waals surface area (Å²) in [5.74, 6) is -3.37. The molecule has 1 saturated heterocycles. The van der Waals surface area contributed by atoms with Gasteiger partial charge in [-0.3, -0.25) is 0 Å². The van der Waals surface area contributed by atoms with Gasteiger partial charge in [-0.25, -0.2) is 9.59 Å². The van der Waals surface area contributed by atoms with Gasteiger partial charge in [0.15, 0.2) is 0 Å². The Morgan fingerprint density at radius 1 is 0.853 bits per heavy atom. The van der Waals surface area contributed by atoms with E-state index in [9.17, 15) is 0 Å². The minimum absolute atomic E-state index is 0.208. The quantitative estimate of drug-likeness (QED) is 0.324. The van der Waals surface area contributed by atoms with Crippen LogP contribution in [0.1, 0.15) is 35.4 Å². The van der Waals surface area contributed by atoms with Gasteiger partial charge >= 0.3 is 11.9 Å². The van der Waals surface area contributed by atoms with E-state index in [2.05, 4.69) is 78.1 Å². The maximum absolute atomic E-state index is 9.10. The molecule has 1 aliphatic rings. The zero-order valence-corrected chi connectivity index (χ0v) is 18.8. The van der Waals surface area contributed by atoms with Crippen molar-refractivity contribution in [1.29, 1.82) is 0 Å². The van der Waals surface area contributed by atoms with E-state index in [-0.39, 0.29) is 12.0 Å². The SMILES string of the molecule is Nc1ccc(CN[C@@H]2CC[C@H](C(c3ccccc3)c3ccccc3)OC2)cc1.O=C(O)C(=O)O. The second-order valence-electron chi connectivity index (χ2n) is 8.18. The Morgan fingerprint density at radius 2 is 1.38 bits per heavy atom. The summed E-state index contributed by atoms with van der Waals surface area (Å²) in [6.07, 6.45) is 2.38. The summed E-state index contributed by atoms with van der Waals surface area (Å²) in [7, 11) is 0. The van der Waals surface area contributed by atoms with E-state index in [1.165, 1.54) is 16.7 Å². The number of anilines is 1. The summed E-state index contributed by atoms with van der Waals surface area (Å²) < 4.78 is 6.39. The standard InChI is InChI=1S/C25H28N2O.C2H2O4/c26-22-13-11-19(12-14-22)17-27-23-15-16-24(28-18-23)25(20-7-3-1-4-8-20)21-9-5-2-6-10-21;3-1(4)2(5)6/h1-14,23-25,27H,15-18,26H2;(H,3,4)(H,5,6)/t23-,24-;/m1./s1. The zero-order chi connectivity index (χ0) is 24.3. The van der Waals surface area contributed by atoms with Crippen molar-refractivity contribution >= 4 is 17.6 Å². The van der Waals surface area contributed by atoms with Crippen molar-refractivity contribution in [3.63, 3.8) is 0 Å². The van der Waals surface area contributed by atoms with E-state index in [1.54, 1.807) is 0 Å². The molecule has 1 aliphatic heterocycles. The second-order valence-corrected chi connectivity index (χ2v) is 8.18. The molecule has 1 fully saturated rings. The van der Waals surface area contributed by atoms with E-state index >= 15 is 0 Å². The third-order valence-corrected chi connectivity index (χ3v) is 5.76. The Hall–Kier alpha value is -3.68. The highest BCUT2D eigenvalue weighted by atomic mass is 16.5. The normalized spacial score (nSPS) is 17.4. The van der Waals surface area contributed by atoms with Crippen LogP contribution in [0.5, 0.6) is 0 Å². The fourth-order valence-corrected chi connectivity index (χ4v) is 4.04. The Morgan fingerprint density at radius 3 is 1.82 bits per heavy atom. The number of benzene rings is 3. The number of hydrogen-bond donors (Lipinski definition) is 4. The van der Waals surface area contributed by atoms with E-state index < -0.39 is 11.9 Å². The lowest BCUT2D eigenvalue weighted by atomic mass is 9.83. The molecule has 5 N–H and O–H groups in total. The van der Waals surface area contributed by atoms with Gasteiger partial charge < -0.3 is 26.0 Å². The number of nitrogens with two attached hydrogens (primary N) is 1. The molecule has 34 heavy (non-hydrogen) atoms. The van der Waals surface area contributed by atoms with Crippen LogP contribution in [0.4, 0.5) is 5.69 Å². The summed E-state index contributed by atoms with van der Waals surface area (Å²) in [4.78, 5) is 18.2. The maximum atomic E-state index is 9.10. The molecule has 3 aromatic rings. The average Bonchev–Trinajstić information content (AvgIpc) is 2.86. The summed E-state index contributed by atoms with van der Waals surface area (Å²) in [5.41, 5.74) is 10.5. The molecular formula is C27H30N2O5. The molecule has 0 spiro atoms. The van der Waals surface area contributed by atoms with Gasteiger partial charge in [-0.2, -0.15) is 0 Å². The Balaban J connectivity index is 0.000000481. The number of rotatable bonds is 6. The van der Waals surface area contributed by atoms with Gasteiger partial charge in [0.2, 0.25) is 0 Å². The minimum Gasteiger partial charge on any atom is -0.473 e. The van der Waals surface area contributed by atoms with Crippen molar-refractivity contribution in [2.45, 2.75) is 37.5 Å². The molecule has 0 amide bonds. The molecular weight excluding hydrogens is 432 g/mol. The molecule has 2 atom stereocenters. The number of carbonyl (C=O) groups is 2. The number of ether oxygens (including phenoxy) is 1. The highest BCUT2D eigenvalue weighted by Gasteiger charge is 2.30. The second kappa shape index (κ2) is 12.5. The number of aliphatic carboxylic acids is 2. The highest BCUT2D eigenvalue weighted by Crippen LogP contribution is 2.34. The van der Waals surface area contributed by atoms with E-state index in [4.69, 9.17) is 30.3 Å². The minimum atomic E-state index is -1.82. The third-order valence-electron chi connectivity index (χ3n) is 5.76. The maximum Gasteiger partial charge on any atom is 0.414 e. The van der Waals surface area contributed by atoms with Crippen molar-refractivity contribution in [2.24, 2.45) is 0 Å². The van der Waals surface area contributed by atoms with Crippen LogP contribution in [0.3, 0.4) is 0 Å². The van der Waals surface area contributed by atoms with Gasteiger partial charge in [-0.15, -0.1) is 0 Å². The first-order valence-corrected chi connectivity index (χ1v) is 11.2. The number of nitrogen functional groups attached to an aromatic ring is 1. The summed E-state index contributed by atoms with van der Waals surface area (Å²) in [6, 6.07) is 29.9. The number of carboxylic acids is 2. The molecule has 0 aliphatic carbocycles. The largest absolute Gasteiger partial charge is 0.473 e. The van der Waals surface area contributed by atoms with Gasteiger partial charge in [-0.1, -0.05) is 72.8 Å². The molecule has 0 unspecified atom stereocenters. The Kier molecular flexibility index (Phi) is 9.20. The lowest BCUT2D eigenvalue weighted by Crippen LogP contribution is -2.41. The van der Waals surface area contributed by atoms with Crippen molar-refractivity contribution in [3.05, 3.63) is 102 Å². The summed E-state index contributed by atoms with van der Waals surface area (Å²) in [6.45, 7) is 1.59. The summed E-state index contributed by atoms with van der Waals surface area (Å²) >= 11 is 0. The Labute approximate surface area is 199 Å². The number of hydrogen-bond acceptors (Lipinski definition) is 5. The molecule has 3 aromatic carbocycles. The van der Waals surface area contributed by atoms with Crippen LogP contribution in [0.25, 0.3) is 0 Å². The van der Waals surface area contributed by atoms with Crippen LogP contribution in [0.15, 0.2) is 84.9 Å². The van der Waals surface area contributed by atoms with Crippen molar-refractivity contribution in [2.75, 3.05) is 12.3 Å². The van der Waals surface area contributed by atoms with Crippen molar-refractivity contribution < 1.29 is 24.5 Å². The first kappa shape index (κ1) is 25.0. The van der Waals surface area contributed by atoms with Gasteiger partial charge in [0.05, 0.1) is 12.7 Å². The van der Waals surface area contributed by atoms with E-state index in [0.29, 0.717) is 6.04 Å². The lowest BCUT2D eigenvalue weighted by molar-refractivity contribution is -0.159. The molecule has 0 bridgehead atoms. The Bertz CT molecular complexity index is 982. The first-order valence-electron chi connectivity index (χ1n) is 11.2. The molecule has 0 saturated carbocycles. The predicted octanol–water partition coefficient (Wildman–Crippen LogP) is 3.89. The molecule has 7 nitrogen and oxygen atoms in total. The van der Waals surface area contributed by atoms with E-state index in [0.717, 1.165) is 31.7 Å². The molecule has 4 rings (SSSR count). The molecule has 1 heterocycles. The van der Waals surface area contributed by atoms with Crippen molar-refractivity contribution in [3.8, 4) is 0 Å². The van der Waals surface area contributed by atoms with Gasteiger partial charge in [0.1, 0.15) is 0 Å². The first-order chi connectivity index (χ1) is 16.4. The predicted molar refractivity (Wildman–Crippen MR) is 130 cm³/mol. The molecule has 7 heteroatoms. The van der Waals surface area contributed by atoms with Crippen LogP contribution in [-0.2, 0) is 20.9 Å². The topological polar surface area (TPSA) is 122 Å². The van der Waals surface area contributed by atoms with Crippen LogP contribution in [0, 0.1) is 0 Å². The van der Waals surface area contributed by atoms with E-state index in [1.807, 2.05) is 12.1 Å². The monoisotopic (exact) mass is 462 g/mol. The third kappa shape index (κ3) is 7.43.